The standard InChI is InChI=1S/C25H34N8O5.C23H28N8O4.C22H26ClN7O4/c1-31-9-10-33(22(34)16-31)15-17-6-7-21(30-23(17)24(37-4)38-5)32(2)25(35)29-20-12-19(27-8-11-36-3)18(13-26)14-28-20;1-29-7-8-31(22(33)14-29)13-16-4-5-21(27-19(16)15-32)30(2)23(34)28-20-10-18(25-6-9-35-3)17(11-24)12-26-20;1-28-7-8-30(19(31)13-28)12-14-5-6-18(27-20(14)21(33-3)34-4)29(2)22(32)26-17-9-16(23)15(10-24)11-25-17/h6-7,12,14,24H,8-11,15-16H2,1-5H3,(H2,27,28,29,35);4-5,10,12,15H,6-9,13-14H2,1-3H3,(H2,25,26,28,34);5-6,9,11,21H,7-8,12-13H2,1-4H3,(H,25,26,32). The normalized spacial score (nSPS) is 14.0. The number of anilines is 8. The Bertz CT molecular complexity index is 4250. The summed E-state index contributed by atoms with van der Waals surface area (Å²) in [6.07, 6.45) is 3.08. The lowest BCUT2D eigenvalue weighted by Gasteiger charge is -2.33. The number of amides is 9. The van der Waals surface area contributed by atoms with Gasteiger partial charge in [0.2, 0.25) is 30.3 Å². The minimum absolute atomic E-state index is 0.0119. The van der Waals surface area contributed by atoms with E-state index in [2.05, 4.69) is 62.6 Å². The lowest BCUT2D eigenvalue weighted by Crippen LogP contribution is -2.48. The SMILES string of the molecule is COC(OC)c1nc(N(C)C(=O)Nc2cc(Cl)c(C#N)cn2)ccc1CN1CCN(C)CC1=O.COCCNc1cc(NC(=O)N(C)c2ccc(CN3CCN(C)CC3=O)c(C(OC)OC)n2)ncc1C#N.COCCNc1cc(NC(=O)N(C)c2ccc(CN3CCN(C)CC3=O)c(C=O)n2)ncc1C#N. The van der Waals surface area contributed by atoms with E-state index in [9.17, 15) is 44.1 Å². The van der Waals surface area contributed by atoms with Crippen LogP contribution in [0.15, 0.2) is 73.2 Å². The number of piperazine rings is 3. The second kappa shape index (κ2) is 40.9. The van der Waals surface area contributed by atoms with Gasteiger partial charge in [0.1, 0.15) is 70.2 Å². The van der Waals surface area contributed by atoms with E-state index >= 15 is 0 Å². The lowest BCUT2D eigenvalue weighted by atomic mass is 10.1. The summed E-state index contributed by atoms with van der Waals surface area (Å²) in [5.74, 6) is 1.67. The highest BCUT2D eigenvalue weighted by Crippen LogP contribution is 2.29. The Morgan fingerprint density at radius 2 is 0.850 bits per heavy atom. The first-order chi connectivity index (χ1) is 51.4. The van der Waals surface area contributed by atoms with E-state index in [1.54, 1.807) is 85.5 Å². The molecule has 0 radical (unpaired) electrons. The molecule has 0 atom stereocenters. The van der Waals surface area contributed by atoms with Crippen molar-refractivity contribution < 1.29 is 62.0 Å². The highest BCUT2D eigenvalue weighted by molar-refractivity contribution is 6.32. The molecule has 0 saturated carbocycles. The van der Waals surface area contributed by atoms with Crippen LogP contribution in [0.2, 0.25) is 5.02 Å². The summed E-state index contributed by atoms with van der Waals surface area (Å²) in [6, 6.07) is 19.3. The van der Waals surface area contributed by atoms with E-state index in [-0.39, 0.29) is 63.8 Å². The van der Waals surface area contributed by atoms with Crippen molar-refractivity contribution >= 4 is 100.0 Å². The Balaban J connectivity index is 0.000000224. The summed E-state index contributed by atoms with van der Waals surface area (Å²) >= 11 is 6.01. The number of ether oxygens (including phenoxy) is 6. The van der Waals surface area contributed by atoms with Crippen LogP contribution in [0, 0.1) is 34.0 Å². The number of carbonyl (C=O) groups is 7. The van der Waals surface area contributed by atoms with E-state index in [1.165, 1.54) is 74.8 Å². The maximum atomic E-state index is 13.0. The fourth-order valence-corrected chi connectivity index (χ4v) is 10.9. The molecule has 6 aromatic rings. The number of hydrogen-bond donors (Lipinski definition) is 5. The molecule has 0 aromatic carbocycles. The van der Waals surface area contributed by atoms with Crippen molar-refractivity contribution in [3.63, 3.8) is 0 Å². The van der Waals surface area contributed by atoms with Gasteiger partial charge in [-0.2, -0.15) is 15.8 Å². The highest BCUT2D eigenvalue weighted by Gasteiger charge is 2.30. The number of halogens is 1. The molecule has 9 rings (SSSR count). The Hall–Kier alpha value is -11.2. The van der Waals surface area contributed by atoms with Crippen LogP contribution in [0.4, 0.5) is 60.7 Å². The van der Waals surface area contributed by atoms with Gasteiger partial charge in [-0.25, -0.2) is 44.3 Å². The third-order valence-electron chi connectivity index (χ3n) is 16.9. The van der Waals surface area contributed by atoms with Crippen LogP contribution in [0.5, 0.6) is 0 Å². The van der Waals surface area contributed by atoms with Crippen LogP contribution in [0.25, 0.3) is 0 Å². The van der Waals surface area contributed by atoms with E-state index in [1.807, 2.05) is 54.0 Å². The Kier molecular flexibility index (Phi) is 31.7. The smallest absolute Gasteiger partial charge is 0.328 e. The molecule has 0 bridgehead atoms. The molecule has 3 aliphatic heterocycles. The fraction of sp³-hybridized carbons (Fsp3) is 0.429. The zero-order chi connectivity index (χ0) is 77.9. The van der Waals surface area contributed by atoms with Gasteiger partial charge in [0.05, 0.1) is 65.9 Å². The number of likely N-dealkylation sites (N-methyl/N-ethyl adjacent to an activating group) is 3. The molecule has 5 N–H and O–H groups in total. The van der Waals surface area contributed by atoms with Gasteiger partial charge in [-0.1, -0.05) is 29.8 Å². The minimum Gasteiger partial charge on any atom is -0.383 e. The van der Waals surface area contributed by atoms with Crippen LogP contribution >= 0.6 is 11.6 Å². The molecule has 9 amide bonds. The maximum Gasteiger partial charge on any atom is 0.328 e. The summed E-state index contributed by atoms with van der Waals surface area (Å²) in [7, 11) is 19.5. The van der Waals surface area contributed by atoms with Crippen molar-refractivity contribution in [1.82, 2.24) is 59.3 Å². The van der Waals surface area contributed by atoms with Gasteiger partial charge >= 0.3 is 18.1 Å². The number of aldehydes is 1. The van der Waals surface area contributed by atoms with Gasteiger partial charge < -0.3 is 53.8 Å². The predicted octanol–water partition coefficient (Wildman–Crippen LogP) is 5.04. The third-order valence-corrected chi connectivity index (χ3v) is 17.2. The number of aromatic nitrogens is 6. The monoisotopic (exact) mass is 1490 g/mol. The first-order valence-electron chi connectivity index (χ1n) is 33.3. The summed E-state index contributed by atoms with van der Waals surface area (Å²) in [4.78, 5) is 128. The number of carbonyl (C=O) groups excluding carboxylic acids is 7. The second-order valence-corrected chi connectivity index (χ2v) is 24.9. The molecule has 3 aliphatic rings. The molecule has 107 heavy (non-hydrogen) atoms. The van der Waals surface area contributed by atoms with Crippen molar-refractivity contribution in [3.05, 3.63) is 129 Å². The second-order valence-electron chi connectivity index (χ2n) is 24.4. The molecule has 9 heterocycles. The number of nitrogens with one attached hydrogen (secondary N) is 5. The van der Waals surface area contributed by atoms with Crippen molar-refractivity contribution in [3.8, 4) is 18.2 Å². The Morgan fingerprint density at radius 3 is 1.18 bits per heavy atom. The Labute approximate surface area is 625 Å². The number of urea groups is 3. The number of hydrogen-bond acceptors (Lipinski definition) is 27. The average Bonchev–Trinajstić information content (AvgIpc) is 0.830. The van der Waals surface area contributed by atoms with Gasteiger partial charge in [-0.3, -0.25) is 64.5 Å². The van der Waals surface area contributed by atoms with Gasteiger partial charge in [0.15, 0.2) is 6.29 Å². The molecule has 3 fully saturated rings. The largest absolute Gasteiger partial charge is 0.383 e. The van der Waals surface area contributed by atoms with Crippen LogP contribution in [0.1, 0.15) is 67.8 Å². The molecular weight excluding hydrogens is 1410 g/mol. The van der Waals surface area contributed by atoms with E-state index in [4.69, 9.17) is 45.3 Å². The summed E-state index contributed by atoms with van der Waals surface area (Å²) in [5, 5.41) is 41.9. The number of pyridine rings is 6. The predicted molar refractivity (Wildman–Crippen MR) is 395 cm³/mol. The van der Waals surface area contributed by atoms with E-state index in [0.717, 1.165) is 30.8 Å². The molecular formula is C70H88ClN23O13. The van der Waals surface area contributed by atoms with Crippen molar-refractivity contribution in [2.45, 2.75) is 32.2 Å². The summed E-state index contributed by atoms with van der Waals surface area (Å²) in [6.45, 7) is 7.96. The molecule has 0 spiro atoms. The number of rotatable bonds is 27. The lowest BCUT2D eigenvalue weighted by molar-refractivity contribution is -0.137. The van der Waals surface area contributed by atoms with Gasteiger partial charge in [-0.15, -0.1) is 0 Å². The minimum atomic E-state index is -0.787. The zero-order valence-electron chi connectivity index (χ0n) is 61.7. The van der Waals surface area contributed by atoms with E-state index in [0.29, 0.717) is 136 Å². The van der Waals surface area contributed by atoms with Crippen molar-refractivity contribution in [1.29, 1.82) is 15.8 Å². The molecule has 568 valence electrons. The number of nitrogens with zero attached hydrogens (tertiary/aromatic N) is 18. The summed E-state index contributed by atoms with van der Waals surface area (Å²) < 4.78 is 31.8. The third kappa shape index (κ3) is 23.1. The average molecular weight is 1500 g/mol. The first kappa shape index (κ1) is 83.1. The van der Waals surface area contributed by atoms with Gasteiger partial charge in [0, 0.05) is 178 Å². The molecule has 3 saturated heterocycles. The van der Waals surface area contributed by atoms with Crippen LogP contribution in [0.3, 0.4) is 0 Å². The molecule has 0 unspecified atom stereocenters. The van der Waals surface area contributed by atoms with Crippen LogP contribution in [-0.2, 0) is 62.4 Å². The van der Waals surface area contributed by atoms with Crippen LogP contribution in [-0.4, -0.2) is 272 Å². The quantitative estimate of drug-likeness (QED) is 0.0256. The van der Waals surface area contributed by atoms with Crippen molar-refractivity contribution in [2.24, 2.45) is 0 Å². The highest BCUT2D eigenvalue weighted by atomic mass is 35.5. The summed E-state index contributed by atoms with van der Waals surface area (Å²) in [5.41, 5.74) is 5.15. The molecule has 37 heteroatoms. The van der Waals surface area contributed by atoms with E-state index < -0.39 is 30.7 Å². The number of methoxy groups -OCH3 is 6. The van der Waals surface area contributed by atoms with Crippen molar-refractivity contribution in [2.75, 3.05) is 211 Å². The molecule has 6 aromatic heterocycles. The molecule has 0 aliphatic carbocycles. The Morgan fingerprint density at radius 1 is 0.514 bits per heavy atom. The first-order valence-corrected chi connectivity index (χ1v) is 33.7. The maximum absolute atomic E-state index is 13.0. The molecule has 36 nitrogen and oxygen atoms in total. The van der Waals surface area contributed by atoms with Crippen LogP contribution < -0.4 is 41.3 Å². The van der Waals surface area contributed by atoms with Gasteiger partial charge in [0.25, 0.3) is 0 Å². The zero-order valence-corrected chi connectivity index (χ0v) is 62.5. The topological polar surface area (TPSA) is 413 Å². The fourth-order valence-electron chi connectivity index (χ4n) is 10.8. The van der Waals surface area contributed by atoms with Gasteiger partial charge in [-0.05, 0) is 50.5 Å². The number of nitriles is 3.